The van der Waals surface area contributed by atoms with Crippen LogP contribution < -0.4 is 5.73 Å². The molecular formula is C24H32N6O2S. The molecule has 0 unspecified atom stereocenters. The Morgan fingerprint density at radius 3 is 2.58 bits per heavy atom. The van der Waals surface area contributed by atoms with E-state index in [9.17, 15) is 9.90 Å². The van der Waals surface area contributed by atoms with E-state index in [1.807, 2.05) is 4.57 Å². The van der Waals surface area contributed by atoms with Crippen LogP contribution in [-0.2, 0) is 11.3 Å². The second-order valence-electron chi connectivity index (χ2n) is 9.04. The molecule has 1 saturated heterocycles. The topological polar surface area (TPSA) is 110 Å². The number of hydrogen-bond acceptors (Lipinski definition) is 7. The van der Waals surface area contributed by atoms with E-state index < -0.39 is 6.10 Å². The maximum Gasteiger partial charge on any atom is 0.251 e. The van der Waals surface area contributed by atoms with Gasteiger partial charge in [0.1, 0.15) is 6.10 Å². The molecule has 1 amide bonds. The molecule has 9 heteroatoms. The Hall–Kier alpha value is -2.65. The number of carbonyl (C=O) groups excluding carboxylic acids is 1. The molecule has 0 bridgehead atoms. The number of aliphatic hydroxyl groups excluding tert-OH is 1. The van der Waals surface area contributed by atoms with Crippen LogP contribution in [0.25, 0.3) is 11.5 Å². The van der Waals surface area contributed by atoms with Crippen LogP contribution in [-0.4, -0.2) is 54.6 Å². The number of nitrogens with two attached hydrogens (primary N) is 1. The maximum absolute atomic E-state index is 12.0. The molecule has 1 fully saturated rings. The van der Waals surface area contributed by atoms with Gasteiger partial charge >= 0.3 is 0 Å². The molecular weight excluding hydrogens is 436 g/mol. The van der Waals surface area contributed by atoms with Gasteiger partial charge in [0.15, 0.2) is 22.5 Å². The first-order valence-corrected chi connectivity index (χ1v) is 12.3. The van der Waals surface area contributed by atoms with Crippen molar-refractivity contribution in [2.24, 2.45) is 5.92 Å². The van der Waals surface area contributed by atoms with Crippen LogP contribution in [0.5, 0.6) is 0 Å². The number of nitrogens with zero attached hydrogens (tertiary/aromatic N) is 5. The molecule has 8 nitrogen and oxygen atoms in total. The van der Waals surface area contributed by atoms with E-state index in [-0.39, 0.29) is 5.91 Å². The quantitative estimate of drug-likeness (QED) is 0.570. The molecule has 0 aromatic heterocycles. The number of likely N-dealkylation sites (tertiary alicyclic amines) is 1. The van der Waals surface area contributed by atoms with E-state index in [1.165, 1.54) is 23.6 Å². The lowest BCUT2D eigenvalue weighted by atomic mass is 9.93. The van der Waals surface area contributed by atoms with E-state index in [2.05, 4.69) is 42.9 Å². The lowest BCUT2D eigenvalue weighted by Crippen LogP contribution is -2.43. The minimum atomic E-state index is -0.929. The van der Waals surface area contributed by atoms with Crippen molar-refractivity contribution in [2.45, 2.75) is 69.7 Å². The van der Waals surface area contributed by atoms with Gasteiger partial charge in [-0.15, -0.1) is 0 Å². The SMILES string of the molecule is Cc1cc(C)c(Sc2nc3c(N)ncn(CCC4CCN(C(=O)[C@H](C)O)CC4)c-3n2)cc1C. The van der Waals surface area contributed by atoms with Gasteiger partial charge in [0.2, 0.25) is 0 Å². The van der Waals surface area contributed by atoms with Crippen molar-refractivity contribution in [3.05, 3.63) is 35.2 Å². The monoisotopic (exact) mass is 468 g/mol. The van der Waals surface area contributed by atoms with Crippen molar-refractivity contribution >= 4 is 23.5 Å². The molecule has 1 aromatic rings. The second-order valence-corrected chi connectivity index (χ2v) is 10.0. The van der Waals surface area contributed by atoms with Gasteiger partial charge < -0.3 is 20.3 Å². The Morgan fingerprint density at radius 2 is 1.88 bits per heavy atom. The summed E-state index contributed by atoms with van der Waals surface area (Å²) in [6, 6.07) is 4.37. The average molecular weight is 469 g/mol. The van der Waals surface area contributed by atoms with Crippen LogP contribution in [0.1, 0.15) is 42.9 Å². The fourth-order valence-electron chi connectivity index (χ4n) is 4.31. The van der Waals surface area contributed by atoms with Crippen molar-refractivity contribution in [2.75, 3.05) is 18.8 Å². The number of aryl methyl sites for hydroxylation is 4. The first-order valence-electron chi connectivity index (χ1n) is 11.4. The first kappa shape index (κ1) is 23.5. The predicted octanol–water partition coefficient (Wildman–Crippen LogP) is 3.45. The number of hydrogen-bond donors (Lipinski definition) is 2. The Morgan fingerprint density at radius 1 is 1.18 bits per heavy atom. The van der Waals surface area contributed by atoms with Gasteiger partial charge in [-0.2, -0.15) is 0 Å². The summed E-state index contributed by atoms with van der Waals surface area (Å²) in [5, 5.41) is 10.2. The molecule has 3 heterocycles. The molecule has 0 aliphatic carbocycles. The zero-order chi connectivity index (χ0) is 23.7. The van der Waals surface area contributed by atoms with Gasteiger partial charge in [-0.1, -0.05) is 6.07 Å². The Labute approximate surface area is 199 Å². The van der Waals surface area contributed by atoms with Gasteiger partial charge in [-0.3, -0.25) is 4.79 Å². The summed E-state index contributed by atoms with van der Waals surface area (Å²) in [5.41, 5.74) is 10.5. The third kappa shape index (κ3) is 5.14. The summed E-state index contributed by atoms with van der Waals surface area (Å²) in [6.07, 6.45) is 3.65. The van der Waals surface area contributed by atoms with Gasteiger partial charge in [0.25, 0.3) is 5.91 Å². The molecule has 3 aliphatic heterocycles. The predicted molar refractivity (Wildman–Crippen MR) is 129 cm³/mol. The molecule has 3 aliphatic rings. The normalized spacial score (nSPS) is 15.8. The number of rotatable bonds is 6. The molecule has 0 radical (unpaired) electrons. The molecule has 1 atom stereocenters. The summed E-state index contributed by atoms with van der Waals surface area (Å²) in [4.78, 5) is 28.7. The largest absolute Gasteiger partial charge is 0.384 e. The number of anilines is 1. The summed E-state index contributed by atoms with van der Waals surface area (Å²) in [6.45, 7) is 10.0. The molecule has 33 heavy (non-hydrogen) atoms. The lowest BCUT2D eigenvalue weighted by Gasteiger charge is -2.33. The van der Waals surface area contributed by atoms with E-state index >= 15 is 0 Å². The molecule has 176 valence electrons. The summed E-state index contributed by atoms with van der Waals surface area (Å²) >= 11 is 1.55. The van der Waals surface area contributed by atoms with E-state index in [1.54, 1.807) is 23.0 Å². The fraction of sp³-hybridized carbons (Fsp3) is 0.500. The van der Waals surface area contributed by atoms with Crippen molar-refractivity contribution in [3.8, 4) is 11.5 Å². The summed E-state index contributed by atoms with van der Waals surface area (Å²) in [7, 11) is 0. The smallest absolute Gasteiger partial charge is 0.251 e. The molecule has 4 rings (SSSR count). The van der Waals surface area contributed by atoms with Crippen molar-refractivity contribution < 1.29 is 9.90 Å². The zero-order valence-corrected chi connectivity index (χ0v) is 20.5. The van der Waals surface area contributed by atoms with E-state index in [0.29, 0.717) is 35.7 Å². The number of piperidine rings is 1. The number of nitrogen functional groups attached to an aromatic ring is 1. The summed E-state index contributed by atoms with van der Waals surface area (Å²) in [5.74, 6) is 1.48. The number of aliphatic hydroxyl groups is 1. The molecule has 0 spiro atoms. The minimum Gasteiger partial charge on any atom is -0.384 e. The number of amides is 1. The van der Waals surface area contributed by atoms with Crippen molar-refractivity contribution in [3.63, 3.8) is 0 Å². The van der Waals surface area contributed by atoms with Crippen LogP contribution in [0.15, 0.2) is 28.5 Å². The summed E-state index contributed by atoms with van der Waals surface area (Å²) < 4.78 is 2.03. The van der Waals surface area contributed by atoms with Crippen LogP contribution in [0.4, 0.5) is 5.82 Å². The Kier molecular flexibility index (Phi) is 6.90. The molecule has 3 N–H and O–H groups in total. The number of imidazole rings is 1. The number of benzene rings is 1. The first-order chi connectivity index (χ1) is 15.7. The minimum absolute atomic E-state index is 0.177. The van der Waals surface area contributed by atoms with Crippen LogP contribution in [0, 0.1) is 26.7 Å². The maximum atomic E-state index is 12.0. The van der Waals surface area contributed by atoms with Crippen molar-refractivity contribution in [1.82, 2.24) is 24.4 Å². The van der Waals surface area contributed by atoms with Gasteiger partial charge in [-0.25, -0.2) is 15.0 Å². The Balaban J connectivity index is 1.45. The molecule has 0 saturated carbocycles. The van der Waals surface area contributed by atoms with E-state index in [4.69, 9.17) is 10.7 Å². The molecule has 1 aromatic carbocycles. The van der Waals surface area contributed by atoms with Gasteiger partial charge in [0.05, 0.1) is 6.33 Å². The highest BCUT2D eigenvalue weighted by Gasteiger charge is 2.26. The fourth-order valence-corrected chi connectivity index (χ4v) is 5.23. The highest BCUT2D eigenvalue weighted by atomic mass is 32.2. The second kappa shape index (κ2) is 9.69. The average Bonchev–Trinajstić information content (AvgIpc) is 3.21. The third-order valence-corrected chi connectivity index (χ3v) is 7.55. The zero-order valence-electron chi connectivity index (χ0n) is 19.7. The Bertz CT molecular complexity index is 1120. The lowest BCUT2D eigenvalue weighted by molar-refractivity contribution is -0.140. The van der Waals surface area contributed by atoms with Gasteiger partial charge in [-0.05, 0) is 87.4 Å². The van der Waals surface area contributed by atoms with Crippen LogP contribution in [0.2, 0.25) is 0 Å². The standard InChI is InChI=1S/C24H32N6O2S/c1-14-11-16(3)19(12-15(14)2)33-24-27-20-21(25)26-13-30(22(20)28-24)10-7-18-5-8-29(9-6-18)23(32)17(4)31/h11-13,17-18,31H,5-10,25H2,1-4H3/t17-/m0/s1. The third-order valence-electron chi connectivity index (χ3n) is 6.53. The number of carbonyl (C=O) groups is 1. The van der Waals surface area contributed by atoms with E-state index in [0.717, 1.165) is 36.5 Å². The number of aromatic nitrogens is 4. The van der Waals surface area contributed by atoms with Crippen LogP contribution in [0.3, 0.4) is 0 Å². The van der Waals surface area contributed by atoms with Gasteiger partial charge in [0, 0.05) is 24.5 Å². The van der Waals surface area contributed by atoms with Crippen LogP contribution >= 0.6 is 11.8 Å². The number of fused-ring (bicyclic) bond motifs is 1. The highest BCUT2D eigenvalue weighted by molar-refractivity contribution is 7.99. The van der Waals surface area contributed by atoms with Crippen molar-refractivity contribution in [1.29, 1.82) is 0 Å². The highest BCUT2D eigenvalue weighted by Crippen LogP contribution is 2.34.